The van der Waals surface area contributed by atoms with Crippen LogP contribution >= 0.6 is 0 Å². The maximum atomic E-state index is 13.2. The second-order valence-corrected chi connectivity index (χ2v) is 5.91. The molecule has 0 saturated carbocycles. The van der Waals surface area contributed by atoms with Crippen LogP contribution in [0.25, 0.3) is 0 Å². The quantitative estimate of drug-likeness (QED) is 0.640. The number of nitrogens with zero attached hydrogens (tertiary/aromatic N) is 3. The molecular formula is C20H19F3N4. The Hall–Kier alpha value is -3.09. The van der Waals surface area contributed by atoms with Gasteiger partial charge in [-0.3, -0.25) is 0 Å². The van der Waals surface area contributed by atoms with Crippen molar-refractivity contribution in [3.05, 3.63) is 78.0 Å². The van der Waals surface area contributed by atoms with Crippen molar-refractivity contribution in [1.82, 2.24) is 9.97 Å². The molecule has 7 heteroatoms. The Morgan fingerprint density at radius 2 is 1.67 bits per heavy atom. The number of nitrogens with one attached hydrogen (secondary N) is 1. The Bertz CT molecular complexity index is 882. The SMILES string of the molecule is CCN(Cc1ccccc1)c1ccnc(Nc2ccccc2C(F)(F)F)n1. The van der Waals surface area contributed by atoms with Gasteiger partial charge in [0.15, 0.2) is 0 Å². The molecule has 3 rings (SSSR count). The molecule has 0 spiro atoms. The Kier molecular flexibility index (Phi) is 5.59. The maximum Gasteiger partial charge on any atom is 0.418 e. The van der Waals surface area contributed by atoms with Gasteiger partial charge in [-0.2, -0.15) is 18.2 Å². The van der Waals surface area contributed by atoms with Crippen molar-refractivity contribution in [2.45, 2.75) is 19.6 Å². The summed E-state index contributed by atoms with van der Waals surface area (Å²) < 4.78 is 39.5. The van der Waals surface area contributed by atoms with Crippen LogP contribution in [-0.4, -0.2) is 16.5 Å². The van der Waals surface area contributed by atoms with Gasteiger partial charge in [0.2, 0.25) is 5.95 Å². The lowest BCUT2D eigenvalue weighted by molar-refractivity contribution is -0.136. The number of rotatable bonds is 6. The molecule has 27 heavy (non-hydrogen) atoms. The maximum absolute atomic E-state index is 13.2. The summed E-state index contributed by atoms with van der Waals surface area (Å²) in [6.07, 6.45) is -2.92. The van der Waals surface area contributed by atoms with Gasteiger partial charge in [0.05, 0.1) is 11.3 Å². The predicted molar refractivity (Wildman–Crippen MR) is 99.9 cm³/mol. The first-order chi connectivity index (χ1) is 13.0. The second kappa shape index (κ2) is 8.07. The third-order valence-electron chi connectivity index (χ3n) is 4.04. The van der Waals surface area contributed by atoms with Crippen LogP contribution < -0.4 is 10.2 Å². The van der Waals surface area contributed by atoms with Crippen LogP contribution in [-0.2, 0) is 12.7 Å². The van der Waals surface area contributed by atoms with E-state index in [1.807, 2.05) is 42.2 Å². The summed E-state index contributed by atoms with van der Waals surface area (Å²) in [6.45, 7) is 3.34. The molecule has 0 saturated heterocycles. The van der Waals surface area contributed by atoms with Gasteiger partial charge in [-0.25, -0.2) is 4.98 Å². The average molecular weight is 372 g/mol. The molecule has 0 amide bonds. The largest absolute Gasteiger partial charge is 0.418 e. The average Bonchev–Trinajstić information content (AvgIpc) is 2.67. The van der Waals surface area contributed by atoms with Crippen molar-refractivity contribution in [2.24, 2.45) is 0 Å². The molecule has 0 aliphatic rings. The fourth-order valence-corrected chi connectivity index (χ4v) is 2.70. The first-order valence-electron chi connectivity index (χ1n) is 8.52. The molecule has 1 N–H and O–H groups in total. The monoisotopic (exact) mass is 372 g/mol. The van der Waals surface area contributed by atoms with E-state index in [1.165, 1.54) is 24.4 Å². The lowest BCUT2D eigenvalue weighted by atomic mass is 10.1. The topological polar surface area (TPSA) is 41.1 Å². The molecule has 3 aromatic rings. The Labute approximate surface area is 155 Å². The zero-order chi connectivity index (χ0) is 19.3. The van der Waals surface area contributed by atoms with Crippen LogP contribution in [0, 0.1) is 0 Å². The summed E-state index contributed by atoms with van der Waals surface area (Å²) >= 11 is 0. The number of benzene rings is 2. The van der Waals surface area contributed by atoms with Gasteiger partial charge >= 0.3 is 6.18 Å². The Morgan fingerprint density at radius 1 is 0.963 bits per heavy atom. The van der Waals surface area contributed by atoms with Crippen LogP contribution in [0.15, 0.2) is 66.9 Å². The number of halogens is 3. The number of anilines is 3. The molecule has 0 bridgehead atoms. The van der Waals surface area contributed by atoms with Crippen LogP contribution in [0.4, 0.5) is 30.6 Å². The first kappa shape index (κ1) is 18.7. The number of hydrogen-bond acceptors (Lipinski definition) is 4. The summed E-state index contributed by atoms with van der Waals surface area (Å²) in [7, 11) is 0. The molecule has 0 radical (unpaired) electrons. The normalized spacial score (nSPS) is 11.3. The van der Waals surface area contributed by atoms with Crippen LogP contribution in [0.2, 0.25) is 0 Å². The zero-order valence-corrected chi connectivity index (χ0v) is 14.7. The minimum Gasteiger partial charge on any atom is -0.352 e. The zero-order valence-electron chi connectivity index (χ0n) is 14.7. The highest BCUT2D eigenvalue weighted by Crippen LogP contribution is 2.35. The first-order valence-corrected chi connectivity index (χ1v) is 8.52. The van der Waals surface area contributed by atoms with E-state index in [2.05, 4.69) is 15.3 Å². The fraction of sp³-hybridized carbons (Fsp3) is 0.200. The minimum atomic E-state index is -4.45. The number of para-hydroxylation sites is 1. The third-order valence-corrected chi connectivity index (χ3v) is 4.04. The van der Waals surface area contributed by atoms with Crippen molar-refractivity contribution in [3.63, 3.8) is 0 Å². The molecule has 0 atom stereocenters. The number of hydrogen-bond donors (Lipinski definition) is 1. The molecule has 0 unspecified atom stereocenters. The standard InChI is InChI=1S/C20H19F3N4/c1-2-27(14-15-8-4-3-5-9-15)18-12-13-24-19(26-18)25-17-11-7-6-10-16(17)20(21,22)23/h3-13H,2,14H2,1H3,(H,24,25,26). The smallest absolute Gasteiger partial charge is 0.352 e. The number of alkyl halides is 3. The summed E-state index contributed by atoms with van der Waals surface area (Å²) in [4.78, 5) is 10.5. The molecule has 1 heterocycles. The van der Waals surface area contributed by atoms with E-state index >= 15 is 0 Å². The third kappa shape index (κ3) is 4.75. The summed E-state index contributed by atoms with van der Waals surface area (Å²) in [5, 5.41) is 2.69. The summed E-state index contributed by atoms with van der Waals surface area (Å²) in [5.41, 5.74) is 0.291. The lowest BCUT2D eigenvalue weighted by Crippen LogP contribution is -2.23. The van der Waals surface area contributed by atoms with E-state index in [0.29, 0.717) is 18.9 Å². The van der Waals surface area contributed by atoms with Gasteiger partial charge < -0.3 is 10.2 Å². The Morgan fingerprint density at radius 3 is 2.37 bits per heavy atom. The van der Waals surface area contributed by atoms with E-state index in [4.69, 9.17) is 0 Å². The minimum absolute atomic E-state index is 0.0757. The lowest BCUT2D eigenvalue weighted by Gasteiger charge is -2.22. The van der Waals surface area contributed by atoms with Crippen molar-refractivity contribution in [2.75, 3.05) is 16.8 Å². The van der Waals surface area contributed by atoms with Gasteiger partial charge in [-0.15, -0.1) is 0 Å². The van der Waals surface area contributed by atoms with Crippen LogP contribution in [0.5, 0.6) is 0 Å². The highest BCUT2D eigenvalue weighted by atomic mass is 19.4. The summed E-state index contributed by atoms with van der Waals surface area (Å²) in [6, 6.07) is 16.9. The van der Waals surface area contributed by atoms with E-state index in [9.17, 15) is 13.2 Å². The van der Waals surface area contributed by atoms with Gasteiger partial charge in [-0.05, 0) is 30.7 Å². The van der Waals surface area contributed by atoms with Crippen molar-refractivity contribution in [1.29, 1.82) is 0 Å². The molecule has 140 valence electrons. The molecule has 2 aromatic carbocycles. The van der Waals surface area contributed by atoms with E-state index in [0.717, 1.165) is 11.6 Å². The van der Waals surface area contributed by atoms with Crippen LogP contribution in [0.3, 0.4) is 0 Å². The second-order valence-electron chi connectivity index (χ2n) is 5.91. The molecule has 4 nitrogen and oxygen atoms in total. The van der Waals surface area contributed by atoms with E-state index in [-0.39, 0.29) is 11.6 Å². The molecule has 0 aliphatic carbocycles. The molecule has 1 aromatic heterocycles. The van der Waals surface area contributed by atoms with Gasteiger partial charge in [0.25, 0.3) is 0 Å². The fourth-order valence-electron chi connectivity index (χ4n) is 2.70. The predicted octanol–water partition coefficient (Wildman–Crippen LogP) is 5.27. The van der Waals surface area contributed by atoms with Crippen LogP contribution in [0.1, 0.15) is 18.1 Å². The Balaban J connectivity index is 1.84. The van der Waals surface area contributed by atoms with E-state index in [1.54, 1.807) is 6.07 Å². The highest BCUT2D eigenvalue weighted by Gasteiger charge is 2.33. The van der Waals surface area contributed by atoms with E-state index < -0.39 is 11.7 Å². The summed E-state index contributed by atoms with van der Waals surface area (Å²) in [5.74, 6) is 0.763. The molecular weight excluding hydrogens is 353 g/mol. The van der Waals surface area contributed by atoms with Crippen molar-refractivity contribution >= 4 is 17.5 Å². The van der Waals surface area contributed by atoms with Gasteiger partial charge in [0, 0.05) is 19.3 Å². The van der Waals surface area contributed by atoms with Gasteiger partial charge in [0.1, 0.15) is 5.82 Å². The van der Waals surface area contributed by atoms with Crippen molar-refractivity contribution < 1.29 is 13.2 Å². The molecule has 0 aliphatic heterocycles. The molecule has 0 fully saturated rings. The van der Waals surface area contributed by atoms with Gasteiger partial charge in [-0.1, -0.05) is 42.5 Å². The van der Waals surface area contributed by atoms with Crippen molar-refractivity contribution in [3.8, 4) is 0 Å². The highest BCUT2D eigenvalue weighted by molar-refractivity contribution is 5.60. The number of aromatic nitrogens is 2.